The lowest BCUT2D eigenvalue weighted by Crippen LogP contribution is -2.38. The van der Waals surface area contributed by atoms with Crippen molar-refractivity contribution in [2.24, 2.45) is 0 Å². The molecule has 4 aromatic rings. The zero-order chi connectivity index (χ0) is 18.4. The van der Waals surface area contributed by atoms with Crippen molar-refractivity contribution in [1.82, 2.24) is 19.6 Å². The molecule has 0 saturated carbocycles. The predicted octanol–water partition coefficient (Wildman–Crippen LogP) is 3.74. The lowest BCUT2D eigenvalue weighted by atomic mass is 10.1. The summed E-state index contributed by atoms with van der Waals surface area (Å²) in [6.07, 6.45) is 0. The molecule has 1 aliphatic heterocycles. The first kappa shape index (κ1) is 16.5. The molecule has 0 aliphatic carbocycles. The second-order valence-corrected chi connectivity index (χ2v) is 7.16. The van der Waals surface area contributed by atoms with Gasteiger partial charge in [0.25, 0.3) is 0 Å². The van der Waals surface area contributed by atoms with Gasteiger partial charge < -0.3 is 9.64 Å². The van der Waals surface area contributed by atoms with Gasteiger partial charge in [0, 0.05) is 29.1 Å². The summed E-state index contributed by atoms with van der Waals surface area (Å²) < 4.78 is 7.57. The molecule has 5 rings (SSSR count). The third kappa shape index (κ3) is 2.81. The molecule has 1 fully saturated rings. The average molecular weight is 380 g/mol. The van der Waals surface area contributed by atoms with Crippen LogP contribution in [0.3, 0.4) is 0 Å². The highest BCUT2D eigenvalue weighted by atomic mass is 35.5. The van der Waals surface area contributed by atoms with E-state index in [4.69, 9.17) is 21.3 Å². The second-order valence-electron chi connectivity index (χ2n) is 6.72. The molecule has 0 spiro atoms. The summed E-state index contributed by atoms with van der Waals surface area (Å²) >= 11 is 6.21. The molecule has 0 unspecified atom stereocenters. The molecule has 136 valence electrons. The molecule has 7 heteroatoms. The van der Waals surface area contributed by atoms with Crippen LogP contribution < -0.4 is 4.90 Å². The third-order valence-electron chi connectivity index (χ3n) is 4.85. The van der Waals surface area contributed by atoms with Crippen molar-refractivity contribution in [3.8, 4) is 11.4 Å². The monoisotopic (exact) mass is 379 g/mol. The minimum atomic E-state index is 0.658. The van der Waals surface area contributed by atoms with Gasteiger partial charge >= 0.3 is 0 Å². The molecule has 0 atom stereocenters. The SMILES string of the molecule is Cc1cccc(-c2nnc3c4ccc(Cl)cc4nc(N4CCOCC4)n23)c1. The number of aryl methyl sites for hydroxylation is 1. The van der Waals surface area contributed by atoms with E-state index >= 15 is 0 Å². The fourth-order valence-corrected chi connectivity index (χ4v) is 3.71. The van der Waals surface area contributed by atoms with Gasteiger partial charge in [0.2, 0.25) is 5.95 Å². The van der Waals surface area contributed by atoms with E-state index in [1.807, 2.05) is 24.3 Å². The standard InChI is InChI=1S/C20H18ClN5O/c1-13-3-2-4-14(11-13)18-23-24-19-16-6-5-15(21)12-17(16)22-20(26(18)19)25-7-9-27-10-8-25/h2-6,11-12H,7-10H2,1H3. The zero-order valence-electron chi connectivity index (χ0n) is 14.9. The fraction of sp³-hybridized carbons (Fsp3) is 0.250. The maximum Gasteiger partial charge on any atom is 0.213 e. The first-order chi connectivity index (χ1) is 13.2. The summed E-state index contributed by atoms with van der Waals surface area (Å²) in [4.78, 5) is 7.16. The highest BCUT2D eigenvalue weighted by Gasteiger charge is 2.22. The van der Waals surface area contributed by atoms with E-state index in [1.54, 1.807) is 0 Å². The van der Waals surface area contributed by atoms with Crippen LogP contribution in [0.2, 0.25) is 5.02 Å². The Labute approximate surface area is 161 Å². The number of morpholine rings is 1. The van der Waals surface area contributed by atoms with Crippen molar-refractivity contribution in [3.05, 3.63) is 53.1 Å². The number of hydrogen-bond acceptors (Lipinski definition) is 5. The molecule has 2 aromatic carbocycles. The number of aromatic nitrogens is 4. The molecular formula is C20H18ClN5O. The predicted molar refractivity (Wildman–Crippen MR) is 107 cm³/mol. The summed E-state index contributed by atoms with van der Waals surface area (Å²) in [7, 11) is 0. The smallest absolute Gasteiger partial charge is 0.213 e. The van der Waals surface area contributed by atoms with Gasteiger partial charge in [0.15, 0.2) is 11.5 Å². The van der Waals surface area contributed by atoms with Gasteiger partial charge in [-0.25, -0.2) is 9.38 Å². The van der Waals surface area contributed by atoms with Crippen molar-refractivity contribution < 1.29 is 4.74 Å². The highest BCUT2D eigenvalue weighted by molar-refractivity contribution is 6.31. The van der Waals surface area contributed by atoms with Gasteiger partial charge in [-0.05, 0) is 31.2 Å². The van der Waals surface area contributed by atoms with Crippen LogP contribution in [0.25, 0.3) is 27.9 Å². The molecule has 3 heterocycles. The van der Waals surface area contributed by atoms with Crippen molar-refractivity contribution in [2.75, 3.05) is 31.2 Å². The Morgan fingerprint density at radius 2 is 1.89 bits per heavy atom. The molecule has 2 aromatic heterocycles. The summed E-state index contributed by atoms with van der Waals surface area (Å²) in [6.45, 7) is 4.99. The van der Waals surface area contributed by atoms with E-state index in [1.165, 1.54) is 5.56 Å². The Bertz CT molecular complexity index is 1150. The number of ether oxygens (including phenoxy) is 1. The number of rotatable bonds is 2. The average Bonchev–Trinajstić information content (AvgIpc) is 3.13. The van der Waals surface area contributed by atoms with Gasteiger partial charge in [-0.1, -0.05) is 35.4 Å². The van der Waals surface area contributed by atoms with Gasteiger partial charge in [0.05, 0.1) is 18.7 Å². The molecule has 1 saturated heterocycles. The molecule has 0 radical (unpaired) electrons. The van der Waals surface area contributed by atoms with Crippen LogP contribution in [0.1, 0.15) is 5.56 Å². The Morgan fingerprint density at radius 1 is 1.04 bits per heavy atom. The second kappa shape index (κ2) is 6.48. The number of hydrogen-bond donors (Lipinski definition) is 0. The number of halogens is 1. The lowest BCUT2D eigenvalue weighted by Gasteiger charge is -2.28. The molecule has 0 N–H and O–H groups in total. The number of fused-ring (bicyclic) bond motifs is 3. The molecule has 6 nitrogen and oxygen atoms in total. The minimum Gasteiger partial charge on any atom is -0.378 e. The number of anilines is 1. The van der Waals surface area contributed by atoms with Crippen molar-refractivity contribution in [2.45, 2.75) is 6.92 Å². The van der Waals surface area contributed by atoms with Crippen molar-refractivity contribution >= 4 is 34.1 Å². The Morgan fingerprint density at radius 3 is 2.70 bits per heavy atom. The first-order valence-electron chi connectivity index (χ1n) is 8.95. The van der Waals surface area contributed by atoms with Gasteiger partial charge in [-0.2, -0.15) is 0 Å². The van der Waals surface area contributed by atoms with Crippen LogP contribution in [0.15, 0.2) is 42.5 Å². The number of nitrogens with zero attached hydrogens (tertiary/aromatic N) is 5. The molecule has 0 amide bonds. The lowest BCUT2D eigenvalue weighted by molar-refractivity contribution is 0.122. The van der Waals surface area contributed by atoms with Gasteiger partial charge in [-0.15, -0.1) is 10.2 Å². The minimum absolute atomic E-state index is 0.658. The topological polar surface area (TPSA) is 55.5 Å². The quantitative estimate of drug-likeness (QED) is 0.531. The zero-order valence-corrected chi connectivity index (χ0v) is 15.6. The van der Waals surface area contributed by atoms with Gasteiger partial charge in [0.1, 0.15) is 0 Å². The van der Waals surface area contributed by atoms with Crippen LogP contribution in [0, 0.1) is 6.92 Å². The van der Waals surface area contributed by atoms with E-state index in [0.717, 1.165) is 47.0 Å². The van der Waals surface area contributed by atoms with Crippen molar-refractivity contribution in [1.29, 1.82) is 0 Å². The maximum atomic E-state index is 6.21. The van der Waals surface area contributed by atoms with E-state index in [0.29, 0.717) is 18.2 Å². The van der Waals surface area contributed by atoms with Crippen molar-refractivity contribution in [3.63, 3.8) is 0 Å². The summed E-state index contributed by atoms with van der Waals surface area (Å²) in [6, 6.07) is 14.0. The van der Waals surface area contributed by atoms with E-state index in [-0.39, 0.29) is 0 Å². The van der Waals surface area contributed by atoms with Crippen LogP contribution in [-0.4, -0.2) is 45.9 Å². The van der Waals surface area contributed by atoms with E-state index in [9.17, 15) is 0 Å². The van der Waals surface area contributed by atoms with Crippen LogP contribution in [0.4, 0.5) is 5.95 Å². The third-order valence-corrected chi connectivity index (χ3v) is 5.09. The van der Waals surface area contributed by atoms with E-state index in [2.05, 4.69) is 44.6 Å². The highest BCUT2D eigenvalue weighted by Crippen LogP contribution is 2.30. The van der Waals surface area contributed by atoms with Crippen LogP contribution in [0.5, 0.6) is 0 Å². The molecule has 0 bridgehead atoms. The maximum absolute atomic E-state index is 6.21. The summed E-state index contributed by atoms with van der Waals surface area (Å²) in [5, 5.41) is 10.6. The van der Waals surface area contributed by atoms with Crippen LogP contribution >= 0.6 is 11.6 Å². The molecule has 1 aliphatic rings. The largest absolute Gasteiger partial charge is 0.378 e. The Kier molecular flexibility index (Phi) is 3.95. The van der Waals surface area contributed by atoms with Crippen LogP contribution in [-0.2, 0) is 4.74 Å². The molecular weight excluding hydrogens is 362 g/mol. The molecule has 27 heavy (non-hydrogen) atoms. The first-order valence-corrected chi connectivity index (χ1v) is 9.33. The van der Waals surface area contributed by atoms with E-state index < -0.39 is 0 Å². The Balaban J connectivity index is 1.83. The normalized spacial score (nSPS) is 15.0. The summed E-state index contributed by atoms with van der Waals surface area (Å²) in [5.74, 6) is 1.61. The summed E-state index contributed by atoms with van der Waals surface area (Å²) in [5.41, 5.74) is 3.80. The fourth-order valence-electron chi connectivity index (χ4n) is 3.54. The Hall–Kier alpha value is -2.70. The number of benzene rings is 2. The van der Waals surface area contributed by atoms with Gasteiger partial charge in [-0.3, -0.25) is 0 Å².